The van der Waals surface area contributed by atoms with E-state index in [0.29, 0.717) is 5.56 Å². The van der Waals surface area contributed by atoms with E-state index in [1.54, 1.807) is 12.1 Å². The Bertz CT molecular complexity index is 1100. The van der Waals surface area contributed by atoms with Gasteiger partial charge in [-0.05, 0) is 61.4 Å². The van der Waals surface area contributed by atoms with Crippen molar-refractivity contribution in [1.82, 2.24) is 0 Å². The molecule has 0 N–H and O–H groups in total. The molecule has 1 aromatic heterocycles. The monoisotopic (exact) mass is 384 g/mol. The van der Waals surface area contributed by atoms with Gasteiger partial charge in [-0.1, -0.05) is 30.7 Å². The molecule has 1 aliphatic rings. The number of benzene rings is 2. The van der Waals surface area contributed by atoms with E-state index in [1.807, 2.05) is 20.0 Å². The molecule has 0 saturated heterocycles. The third-order valence-corrected chi connectivity index (χ3v) is 6.36. The molecule has 0 spiro atoms. The Morgan fingerprint density at radius 3 is 2.39 bits per heavy atom. The molecule has 4 rings (SSSR count). The van der Waals surface area contributed by atoms with Crippen LogP contribution >= 0.6 is 0 Å². The second-order valence-electron chi connectivity index (χ2n) is 8.27. The molecule has 0 saturated carbocycles. The van der Waals surface area contributed by atoms with Gasteiger partial charge in [-0.15, -0.1) is 0 Å². The Morgan fingerprint density at radius 1 is 1.00 bits per heavy atom. The van der Waals surface area contributed by atoms with Gasteiger partial charge >= 0.3 is 6.18 Å². The molecule has 2 unspecified atom stereocenters. The van der Waals surface area contributed by atoms with Crippen molar-refractivity contribution in [2.75, 3.05) is 0 Å². The van der Waals surface area contributed by atoms with E-state index in [4.69, 9.17) is 0 Å². The lowest BCUT2D eigenvalue weighted by atomic mass is 9.76. The third kappa shape index (κ3) is 2.81. The zero-order valence-corrected chi connectivity index (χ0v) is 16.9. The molecule has 28 heavy (non-hydrogen) atoms. The van der Waals surface area contributed by atoms with Crippen LogP contribution in [0.15, 0.2) is 36.4 Å². The number of aromatic nitrogens is 1. The summed E-state index contributed by atoms with van der Waals surface area (Å²) in [5.74, 6) is -1.54. The highest BCUT2D eigenvalue weighted by Crippen LogP contribution is 2.49. The van der Waals surface area contributed by atoms with Crippen molar-refractivity contribution >= 4 is 10.9 Å². The number of nitrogens with zero attached hydrogens (tertiary/aromatic N) is 1. The summed E-state index contributed by atoms with van der Waals surface area (Å²) in [6.45, 7) is 8.21. The summed E-state index contributed by atoms with van der Waals surface area (Å²) in [6.07, 6.45) is -4.11. The van der Waals surface area contributed by atoms with Gasteiger partial charge < -0.3 is 0 Å². The lowest BCUT2D eigenvalue weighted by molar-refractivity contribution is -0.633. The van der Waals surface area contributed by atoms with Gasteiger partial charge in [0.05, 0.1) is 11.3 Å². The number of aryl methyl sites for hydroxylation is 3. The molecule has 0 radical (unpaired) electrons. The summed E-state index contributed by atoms with van der Waals surface area (Å²) in [6, 6.07) is 11.8. The van der Waals surface area contributed by atoms with Crippen LogP contribution in [0, 0.1) is 20.8 Å². The minimum Gasteiger partial charge on any atom is -0.194 e. The molecule has 4 heteroatoms. The fourth-order valence-corrected chi connectivity index (χ4v) is 4.76. The molecule has 3 aromatic rings. The second-order valence-corrected chi connectivity index (χ2v) is 8.27. The van der Waals surface area contributed by atoms with Gasteiger partial charge in [-0.3, -0.25) is 0 Å². The highest BCUT2D eigenvalue weighted by Gasteiger charge is 2.45. The maximum Gasteiger partial charge on any atom is 0.395 e. The maximum absolute atomic E-state index is 13.7. The van der Waals surface area contributed by atoms with Crippen molar-refractivity contribution in [2.45, 2.75) is 52.1 Å². The molecule has 146 valence electrons. The first-order valence-corrected chi connectivity index (χ1v) is 9.70. The molecular weight excluding hydrogens is 359 g/mol. The molecule has 2 atom stereocenters. The highest BCUT2D eigenvalue weighted by molar-refractivity contribution is 5.87. The Labute approximate surface area is 163 Å². The predicted octanol–water partition coefficient (Wildman–Crippen LogP) is 6.41. The first kappa shape index (κ1) is 19.0. The van der Waals surface area contributed by atoms with Crippen molar-refractivity contribution < 1.29 is 17.7 Å². The average molecular weight is 384 g/mol. The Morgan fingerprint density at radius 2 is 1.71 bits per heavy atom. The van der Waals surface area contributed by atoms with Crippen LogP contribution in [0.1, 0.15) is 53.0 Å². The van der Waals surface area contributed by atoms with Gasteiger partial charge in [-0.25, -0.2) is 0 Å². The number of hydrogen-bond donors (Lipinski definition) is 0. The molecule has 0 aliphatic heterocycles. The zero-order valence-electron chi connectivity index (χ0n) is 16.9. The van der Waals surface area contributed by atoms with Gasteiger partial charge in [0, 0.05) is 17.7 Å². The van der Waals surface area contributed by atoms with Gasteiger partial charge in [0.1, 0.15) is 7.05 Å². The number of pyridine rings is 1. The Balaban J connectivity index is 2.07. The Hall–Kier alpha value is -2.36. The number of rotatable bonds is 1. The molecule has 1 nitrogen and oxygen atoms in total. The summed E-state index contributed by atoms with van der Waals surface area (Å²) >= 11 is 0. The zero-order chi connectivity index (χ0) is 20.4. The average Bonchev–Trinajstić information content (AvgIpc) is 2.61. The molecular formula is C24H25F3N+. The second kappa shape index (κ2) is 6.33. The van der Waals surface area contributed by atoms with E-state index in [9.17, 15) is 13.2 Å². The minimum atomic E-state index is -4.22. The number of alkyl halides is 3. The Kier molecular flexibility index (Phi) is 4.29. The molecule has 1 heterocycles. The first-order valence-electron chi connectivity index (χ1n) is 9.70. The molecule has 0 bridgehead atoms. The standard InChI is InChI=1S/C24H25F3N/c1-13-9-14(2)16(4)19(10-13)22-12-18-15(3)11-20(24(25,26)27)17-7-6-8-21(23(17)18)28(22)5/h6-10,12,15,20H,11H2,1-5H3/q+1. The van der Waals surface area contributed by atoms with Crippen LogP contribution in [0.3, 0.4) is 0 Å². The van der Waals surface area contributed by atoms with Crippen LogP contribution in [0.25, 0.3) is 22.2 Å². The van der Waals surface area contributed by atoms with E-state index in [-0.39, 0.29) is 12.3 Å². The summed E-state index contributed by atoms with van der Waals surface area (Å²) in [4.78, 5) is 0. The highest BCUT2D eigenvalue weighted by atomic mass is 19.4. The molecule has 1 aliphatic carbocycles. The predicted molar refractivity (Wildman–Crippen MR) is 107 cm³/mol. The lowest BCUT2D eigenvalue weighted by Crippen LogP contribution is -2.35. The van der Waals surface area contributed by atoms with Crippen LogP contribution in [0.2, 0.25) is 0 Å². The number of hydrogen-bond acceptors (Lipinski definition) is 0. The van der Waals surface area contributed by atoms with Crippen molar-refractivity contribution in [3.8, 4) is 11.3 Å². The summed E-state index contributed by atoms with van der Waals surface area (Å²) in [7, 11) is 1.96. The van der Waals surface area contributed by atoms with E-state index in [0.717, 1.165) is 27.7 Å². The van der Waals surface area contributed by atoms with Gasteiger partial charge in [0.2, 0.25) is 11.2 Å². The molecule has 2 aromatic carbocycles. The van der Waals surface area contributed by atoms with Crippen LogP contribution in [-0.2, 0) is 7.05 Å². The minimum absolute atomic E-state index is 0.106. The SMILES string of the molecule is Cc1cc(C)c(C)c(-c2cc3c4c(cccc4[n+]2C)C(C(F)(F)F)CC3C)c1. The smallest absolute Gasteiger partial charge is 0.194 e. The van der Waals surface area contributed by atoms with Crippen molar-refractivity contribution in [3.63, 3.8) is 0 Å². The van der Waals surface area contributed by atoms with E-state index < -0.39 is 12.1 Å². The lowest BCUT2D eigenvalue weighted by Gasteiger charge is -2.31. The van der Waals surface area contributed by atoms with Gasteiger partial charge in [0.15, 0.2) is 0 Å². The maximum atomic E-state index is 13.7. The van der Waals surface area contributed by atoms with Crippen LogP contribution in [0.5, 0.6) is 0 Å². The van der Waals surface area contributed by atoms with Crippen molar-refractivity contribution in [1.29, 1.82) is 0 Å². The summed E-state index contributed by atoms with van der Waals surface area (Å²) in [5.41, 5.74) is 8.13. The first-order chi connectivity index (χ1) is 13.1. The fourth-order valence-electron chi connectivity index (χ4n) is 4.76. The normalized spacial score (nSPS) is 19.3. The van der Waals surface area contributed by atoms with Crippen LogP contribution in [-0.4, -0.2) is 6.18 Å². The summed E-state index contributed by atoms with van der Waals surface area (Å²) in [5, 5.41) is 0.775. The third-order valence-electron chi connectivity index (χ3n) is 6.36. The number of halogens is 3. The molecule has 0 amide bonds. The van der Waals surface area contributed by atoms with E-state index in [2.05, 4.69) is 43.5 Å². The van der Waals surface area contributed by atoms with Crippen LogP contribution < -0.4 is 4.57 Å². The van der Waals surface area contributed by atoms with Crippen molar-refractivity contribution in [2.24, 2.45) is 7.05 Å². The topological polar surface area (TPSA) is 3.88 Å². The van der Waals surface area contributed by atoms with E-state index >= 15 is 0 Å². The quantitative estimate of drug-likeness (QED) is 0.427. The van der Waals surface area contributed by atoms with Gasteiger partial charge in [0.25, 0.3) is 0 Å². The van der Waals surface area contributed by atoms with Crippen molar-refractivity contribution in [3.05, 3.63) is 64.2 Å². The largest absolute Gasteiger partial charge is 0.395 e. The fraction of sp³-hybridized carbons (Fsp3) is 0.375. The van der Waals surface area contributed by atoms with Gasteiger partial charge in [-0.2, -0.15) is 17.7 Å². The van der Waals surface area contributed by atoms with Crippen LogP contribution in [0.4, 0.5) is 13.2 Å². The van der Waals surface area contributed by atoms with E-state index in [1.165, 1.54) is 16.7 Å². The molecule has 0 fully saturated rings. The summed E-state index contributed by atoms with van der Waals surface area (Å²) < 4.78 is 43.2.